The van der Waals surface area contributed by atoms with E-state index in [4.69, 9.17) is 5.26 Å². The predicted octanol–water partition coefficient (Wildman–Crippen LogP) is 4.00. The van der Waals surface area contributed by atoms with E-state index in [2.05, 4.69) is 32.9 Å². The summed E-state index contributed by atoms with van der Waals surface area (Å²) in [5, 5.41) is 8.95. The third kappa shape index (κ3) is 3.97. The third-order valence-corrected chi connectivity index (χ3v) is 3.30. The number of thioether (sulfide) groups is 1. The minimum absolute atomic E-state index is 0.729. The molecule has 0 aromatic heterocycles. The van der Waals surface area contributed by atoms with Gasteiger partial charge in [0.25, 0.3) is 0 Å². The average molecular weight is 219 g/mol. The molecule has 1 nitrogen and oxygen atoms in total. The van der Waals surface area contributed by atoms with Crippen molar-refractivity contribution >= 4 is 11.8 Å². The number of hydrogen-bond donors (Lipinski definition) is 0. The van der Waals surface area contributed by atoms with Crippen molar-refractivity contribution < 1.29 is 0 Å². The Balaban J connectivity index is 2.67. The topological polar surface area (TPSA) is 23.8 Å². The first-order valence-electron chi connectivity index (χ1n) is 5.27. The minimum Gasteiger partial charge on any atom is -0.192 e. The maximum atomic E-state index is 8.95. The van der Waals surface area contributed by atoms with E-state index in [1.807, 2.05) is 12.1 Å². The third-order valence-electron chi connectivity index (χ3n) is 2.21. The Kier molecular flexibility index (Phi) is 4.71. The first kappa shape index (κ1) is 12.1. The van der Waals surface area contributed by atoms with Gasteiger partial charge in [0.15, 0.2) is 0 Å². The van der Waals surface area contributed by atoms with Crippen LogP contribution in [0.3, 0.4) is 0 Å². The highest BCUT2D eigenvalue weighted by Gasteiger charge is 2.03. The average Bonchev–Trinajstić information content (AvgIpc) is 2.17. The molecule has 0 bridgehead atoms. The van der Waals surface area contributed by atoms with Gasteiger partial charge in [0.05, 0.1) is 5.56 Å². The summed E-state index contributed by atoms with van der Waals surface area (Å²) in [4.78, 5) is 1.12. The number of nitriles is 1. The molecule has 0 fully saturated rings. The van der Waals surface area contributed by atoms with Crippen molar-refractivity contribution in [1.82, 2.24) is 0 Å². The lowest BCUT2D eigenvalue weighted by Crippen LogP contribution is -1.91. The lowest BCUT2D eigenvalue weighted by atomic mass is 10.2. The second kappa shape index (κ2) is 5.82. The molecule has 80 valence electrons. The second-order valence-corrected chi connectivity index (χ2v) is 5.28. The van der Waals surface area contributed by atoms with Crippen LogP contribution in [0.4, 0.5) is 0 Å². The molecule has 0 unspecified atom stereocenters. The maximum absolute atomic E-state index is 8.95. The van der Waals surface area contributed by atoms with Crippen LogP contribution in [-0.2, 0) is 0 Å². The van der Waals surface area contributed by atoms with Crippen LogP contribution in [0.5, 0.6) is 0 Å². The lowest BCUT2D eigenvalue weighted by molar-refractivity contribution is 0.632. The molecule has 0 N–H and O–H groups in total. The van der Waals surface area contributed by atoms with Gasteiger partial charge in [-0.2, -0.15) is 5.26 Å². The van der Waals surface area contributed by atoms with Crippen molar-refractivity contribution in [3.63, 3.8) is 0 Å². The smallest absolute Gasteiger partial charge is 0.100 e. The van der Waals surface area contributed by atoms with Crippen molar-refractivity contribution in [3.05, 3.63) is 29.3 Å². The second-order valence-electron chi connectivity index (χ2n) is 4.14. The lowest BCUT2D eigenvalue weighted by Gasteiger charge is -2.06. The Morgan fingerprint density at radius 1 is 1.40 bits per heavy atom. The fourth-order valence-electron chi connectivity index (χ4n) is 1.25. The van der Waals surface area contributed by atoms with Crippen molar-refractivity contribution in [3.8, 4) is 6.07 Å². The molecule has 0 aliphatic heterocycles. The zero-order valence-corrected chi connectivity index (χ0v) is 10.4. The molecule has 0 amide bonds. The van der Waals surface area contributed by atoms with Gasteiger partial charge in [0, 0.05) is 4.90 Å². The summed E-state index contributed by atoms with van der Waals surface area (Å²) in [5.74, 6) is 1.82. The van der Waals surface area contributed by atoms with Gasteiger partial charge in [0.2, 0.25) is 0 Å². The molecule has 0 radical (unpaired) electrons. The standard InChI is InChI=1S/C13H17NS/c1-10(2)6-7-15-13-8-11(3)4-5-12(13)9-14/h4-5,8,10H,6-7H2,1-3H3. The molecule has 0 atom stereocenters. The molecular formula is C13H17NS. The van der Waals surface area contributed by atoms with Gasteiger partial charge in [-0.1, -0.05) is 19.9 Å². The van der Waals surface area contributed by atoms with E-state index >= 15 is 0 Å². The Morgan fingerprint density at radius 3 is 2.73 bits per heavy atom. The summed E-state index contributed by atoms with van der Waals surface area (Å²) in [5.41, 5.74) is 2.02. The summed E-state index contributed by atoms with van der Waals surface area (Å²) in [6.07, 6.45) is 1.20. The van der Waals surface area contributed by atoms with E-state index in [-0.39, 0.29) is 0 Å². The van der Waals surface area contributed by atoms with E-state index in [0.29, 0.717) is 0 Å². The SMILES string of the molecule is Cc1ccc(C#N)c(SCCC(C)C)c1. The molecule has 1 aromatic rings. The maximum Gasteiger partial charge on any atom is 0.100 e. The Labute approximate surface area is 96.5 Å². The fourth-order valence-corrected chi connectivity index (χ4v) is 2.59. The normalized spacial score (nSPS) is 10.3. The van der Waals surface area contributed by atoms with E-state index in [1.165, 1.54) is 12.0 Å². The number of benzene rings is 1. The summed E-state index contributed by atoms with van der Waals surface area (Å²) in [6, 6.07) is 8.24. The summed E-state index contributed by atoms with van der Waals surface area (Å²) in [7, 11) is 0. The fraction of sp³-hybridized carbons (Fsp3) is 0.462. The van der Waals surface area contributed by atoms with E-state index < -0.39 is 0 Å². The first-order chi connectivity index (χ1) is 7.13. The molecule has 15 heavy (non-hydrogen) atoms. The van der Waals surface area contributed by atoms with Crippen LogP contribution in [0.15, 0.2) is 23.1 Å². The number of nitrogens with zero attached hydrogens (tertiary/aromatic N) is 1. The highest BCUT2D eigenvalue weighted by atomic mass is 32.2. The summed E-state index contributed by atoms with van der Waals surface area (Å²) < 4.78 is 0. The zero-order valence-electron chi connectivity index (χ0n) is 9.58. The van der Waals surface area contributed by atoms with Gasteiger partial charge in [-0.3, -0.25) is 0 Å². The van der Waals surface area contributed by atoms with Crippen LogP contribution in [0.2, 0.25) is 0 Å². The quantitative estimate of drug-likeness (QED) is 0.714. The molecule has 0 heterocycles. The largest absolute Gasteiger partial charge is 0.192 e. The number of aryl methyl sites for hydroxylation is 1. The zero-order chi connectivity index (χ0) is 11.3. The van der Waals surface area contributed by atoms with Crippen LogP contribution in [0, 0.1) is 24.2 Å². The molecule has 0 aliphatic rings. The van der Waals surface area contributed by atoms with Crippen LogP contribution in [-0.4, -0.2) is 5.75 Å². The monoisotopic (exact) mass is 219 g/mol. The predicted molar refractivity (Wildman–Crippen MR) is 66.1 cm³/mol. The molecule has 1 aromatic carbocycles. The number of rotatable bonds is 4. The van der Waals surface area contributed by atoms with E-state index in [1.54, 1.807) is 11.8 Å². The van der Waals surface area contributed by atoms with Crippen molar-refractivity contribution in [1.29, 1.82) is 5.26 Å². The molecule has 2 heteroatoms. The highest BCUT2D eigenvalue weighted by Crippen LogP contribution is 2.25. The first-order valence-corrected chi connectivity index (χ1v) is 6.25. The van der Waals surface area contributed by atoms with E-state index in [0.717, 1.165) is 22.1 Å². The van der Waals surface area contributed by atoms with Gasteiger partial charge < -0.3 is 0 Å². The molecule has 0 saturated carbocycles. The van der Waals surface area contributed by atoms with E-state index in [9.17, 15) is 0 Å². The molecule has 1 rings (SSSR count). The highest BCUT2D eigenvalue weighted by molar-refractivity contribution is 7.99. The van der Waals surface area contributed by atoms with Gasteiger partial charge in [0.1, 0.15) is 6.07 Å². The molecular weight excluding hydrogens is 202 g/mol. The molecule has 0 saturated heterocycles. The Hall–Kier alpha value is -0.940. The van der Waals surface area contributed by atoms with Gasteiger partial charge in [-0.25, -0.2) is 0 Å². The Morgan fingerprint density at radius 2 is 2.13 bits per heavy atom. The van der Waals surface area contributed by atoms with Crippen LogP contribution in [0.25, 0.3) is 0 Å². The number of hydrogen-bond acceptors (Lipinski definition) is 2. The Bertz CT molecular complexity index is 363. The summed E-state index contributed by atoms with van der Waals surface area (Å²) >= 11 is 1.79. The molecule has 0 spiro atoms. The summed E-state index contributed by atoms with van der Waals surface area (Å²) in [6.45, 7) is 6.51. The van der Waals surface area contributed by atoms with Gasteiger partial charge >= 0.3 is 0 Å². The van der Waals surface area contributed by atoms with Crippen LogP contribution < -0.4 is 0 Å². The van der Waals surface area contributed by atoms with Crippen LogP contribution >= 0.6 is 11.8 Å². The molecule has 0 aliphatic carbocycles. The van der Waals surface area contributed by atoms with Crippen molar-refractivity contribution in [2.45, 2.75) is 32.1 Å². The van der Waals surface area contributed by atoms with Gasteiger partial charge in [-0.15, -0.1) is 11.8 Å². The van der Waals surface area contributed by atoms with Crippen molar-refractivity contribution in [2.24, 2.45) is 5.92 Å². The van der Waals surface area contributed by atoms with Gasteiger partial charge in [-0.05, 0) is 42.7 Å². The van der Waals surface area contributed by atoms with Crippen LogP contribution in [0.1, 0.15) is 31.4 Å². The van der Waals surface area contributed by atoms with Crippen molar-refractivity contribution in [2.75, 3.05) is 5.75 Å². The minimum atomic E-state index is 0.729.